The van der Waals surface area contributed by atoms with E-state index in [2.05, 4.69) is 331 Å². The van der Waals surface area contributed by atoms with Crippen LogP contribution in [0.3, 0.4) is 0 Å². The van der Waals surface area contributed by atoms with Crippen molar-refractivity contribution in [2.75, 3.05) is 0 Å². The maximum absolute atomic E-state index is 16.3. The van der Waals surface area contributed by atoms with E-state index in [-0.39, 0.29) is 29.2 Å². The third kappa shape index (κ3) is 20.5. The molecule has 12 heteroatoms. The fourth-order valence-corrected chi connectivity index (χ4v) is 34.2. The fourth-order valence-electron chi connectivity index (χ4n) is 25.3. The first-order chi connectivity index (χ1) is 70.2. The van der Waals surface area contributed by atoms with Crippen LogP contribution in [0.2, 0.25) is 69.5 Å². The fraction of sp³-hybridized carbons (Fsp3) is 0.328. The highest BCUT2D eigenvalue weighted by atomic mass is 28.3. The van der Waals surface area contributed by atoms with Crippen molar-refractivity contribution >= 4 is 101 Å². The number of halogens is 4. The Balaban J connectivity index is 0.000000128. The summed E-state index contributed by atoms with van der Waals surface area (Å²) in [5.74, 6) is 1.10. The van der Waals surface area contributed by atoms with Gasteiger partial charge in [-0.1, -0.05) is 376 Å². The molecule has 4 nitrogen and oxygen atoms in total. The predicted molar refractivity (Wildman–Crippen MR) is 623 cm³/mol. The molecule has 4 heterocycles. The van der Waals surface area contributed by atoms with E-state index in [0.717, 1.165) is 163 Å². The zero-order valence-electron chi connectivity index (χ0n) is 90.4. The summed E-state index contributed by atoms with van der Waals surface area (Å²) >= 11 is 0. The zero-order chi connectivity index (χ0) is 103. The molecule has 4 saturated carbocycles. The second-order valence-electron chi connectivity index (χ2n) is 45.5. The van der Waals surface area contributed by atoms with Gasteiger partial charge in [0.05, 0.1) is 68.0 Å². The predicted octanol–water partition coefficient (Wildman–Crippen LogP) is 32.8. The molecule has 748 valence electrons. The van der Waals surface area contributed by atoms with Crippen molar-refractivity contribution in [2.24, 2.45) is 28.2 Å². The molecule has 0 N–H and O–H groups in total. The van der Waals surface area contributed by atoms with E-state index in [1.807, 2.05) is 121 Å². The van der Waals surface area contributed by atoms with E-state index in [9.17, 15) is 0 Å². The molecule has 0 bridgehead atoms. The van der Waals surface area contributed by atoms with Gasteiger partial charge in [0.25, 0.3) is 0 Å². The quantitative estimate of drug-likeness (QED) is 0.0387. The van der Waals surface area contributed by atoms with Crippen molar-refractivity contribution in [1.29, 1.82) is 0 Å². The largest absolute Gasteiger partial charge is 0.220 e. The van der Waals surface area contributed by atoms with Crippen LogP contribution in [0.15, 0.2) is 298 Å². The maximum atomic E-state index is 16.3. The standard InChI is InChI=1S/C36H37FNSi.C34H41FNSi.C33H39FNSi.C31H35FNSi/c1-25-32(24-33(26-13-7-5-8-14-26)35(37)34(25)27-15-11-12-16-27)36-31-20-19-30(23-28(31)21-22-38(36)2)39(3,4)29-17-9-6-10-18-29;1-6-37(7-2,8-3)28-18-19-29-27(22-28)20-21-36(5)34(29)30-23-31(25-14-10-9-11-15-25)33(35)32(24(30)4)26-16-12-13-17-26;1-22(2)36(5,6)27-16-17-28-26(20-27)18-19-35(4)33(28)29-21-30(24-12-8-7-9-13-24)32(34)31(23(29)3)25-14-10-11-15-25;1-21-27(31-26-16-15-25(34(3,4)5)19-24(26)17-18-33(31)2)20-28(22-11-7-6-8-12-22)30(32)29(21)23-13-9-10-14-23/h5-10,13-14,17-24,27H,11-12,15-16H2,1-4H3;9-11,14-15,18-23,26H,6-8,12-13,16-17H2,1-5H3;7-9,12-13,16-22,25H,10-11,14-15H2,1-6H3;6-8,11-12,15-20,23H,9-10,13-14H2,1-5H3/q4*+1. The third-order valence-electron chi connectivity index (χ3n) is 35.2. The number of hydrogen-bond donors (Lipinski definition) is 0. The van der Waals surface area contributed by atoms with Gasteiger partial charge in [-0.3, -0.25) is 0 Å². The van der Waals surface area contributed by atoms with Crippen molar-refractivity contribution in [3.63, 3.8) is 0 Å². The molecular weight excluding hydrogens is 1850 g/mol. The smallest absolute Gasteiger partial charge is 0.206 e. The number of aromatic nitrogens is 4. The van der Waals surface area contributed by atoms with Gasteiger partial charge in [0.15, 0.2) is 24.8 Å². The SMILES string of the molecule is CC[Si](CC)(CC)c1ccc2c(-c3cc(-c4ccccc4)c(F)c(C4CCCC4)c3C)[n+](C)ccc2c1.Cc1c(-c2c3ccc([Si](C)(C)C(C)C)cc3cc[n+]2C)cc(-c2ccccc2)c(F)c1C1CCCC1.Cc1c(-c2c3ccc([Si](C)(C)C)cc3cc[n+]2C)cc(-c2ccccc2)c(F)c1C1CCCC1.Cc1c(-c2c3ccc([Si](C)(C)c4ccccc4)cc3cc[n+]2C)cc(-c2ccccc2)c(F)c1C1CCCC1. The second-order valence-corrected chi connectivity index (χ2v) is 65.4. The zero-order valence-corrected chi connectivity index (χ0v) is 94.4. The first-order valence-electron chi connectivity index (χ1n) is 54.6. The molecule has 0 saturated heterocycles. The summed E-state index contributed by atoms with van der Waals surface area (Å²) in [5, 5.41) is 17.4. The lowest BCUT2D eigenvalue weighted by Crippen LogP contribution is -2.52. The monoisotopic (exact) mass is 2010 g/mol. The van der Waals surface area contributed by atoms with Crippen LogP contribution in [0, 0.1) is 51.0 Å². The molecule has 0 atom stereocenters. The van der Waals surface area contributed by atoms with Gasteiger partial charge < -0.3 is 0 Å². The van der Waals surface area contributed by atoms with Crippen molar-refractivity contribution in [3.8, 4) is 89.5 Å². The lowest BCUT2D eigenvalue weighted by atomic mass is 9.85. The highest BCUT2D eigenvalue weighted by Gasteiger charge is 2.39. The number of hydrogen-bond acceptors (Lipinski definition) is 0. The molecule has 4 aliphatic carbocycles. The topological polar surface area (TPSA) is 15.5 Å². The molecule has 13 aromatic carbocycles. The summed E-state index contributed by atoms with van der Waals surface area (Å²) in [5.41, 5.74) is 24.8. The van der Waals surface area contributed by atoms with Crippen LogP contribution in [0.5, 0.6) is 0 Å². The molecule has 0 amide bonds. The van der Waals surface area contributed by atoms with Gasteiger partial charge in [-0.25, -0.2) is 35.8 Å². The molecule has 0 radical (unpaired) electrons. The molecule has 4 fully saturated rings. The van der Waals surface area contributed by atoms with E-state index < -0.39 is 32.3 Å². The molecule has 146 heavy (non-hydrogen) atoms. The lowest BCUT2D eigenvalue weighted by Gasteiger charge is -2.29. The number of fused-ring (bicyclic) bond motifs is 4. The second kappa shape index (κ2) is 43.9. The van der Waals surface area contributed by atoms with Crippen LogP contribution < -0.4 is 44.2 Å². The lowest BCUT2D eigenvalue weighted by molar-refractivity contribution is -0.659. The minimum absolute atomic E-state index is 0.0193. The summed E-state index contributed by atoms with van der Waals surface area (Å²) in [6.07, 6.45) is 26.8. The third-order valence-corrected chi connectivity index (χ3v) is 51.0. The molecule has 4 aromatic heterocycles. The van der Waals surface area contributed by atoms with E-state index in [1.54, 1.807) is 5.19 Å². The molecule has 0 spiro atoms. The number of aryl methyl sites for hydroxylation is 4. The Hall–Kier alpha value is -11.9. The summed E-state index contributed by atoms with van der Waals surface area (Å²) < 4.78 is 73.9. The minimum atomic E-state index is -1.84. The average Bonchev–Trinajstić information content (AvgIpc) is 1.18. The summed E-state index contributed by atoms with van der Waals surface area (Å²) in [7, 11) is 2.21. The van der Waals surface area contributed by atoms with Crippen molar-refractivity contribution in [1.82, 2.24) is 0 Å². The van der Waals surface area contributed by atoms with Crippen LogP contribution >= 0.6 is 0 Å². The minimum Gasteiger partial charge on any atom is -0.206 e. The van der Waals surface area contributed by atoms with Crippen LogP contribution in [0.25, 0.3) is 133 Å². The summed E-state index contributed by atoms with van der Waals surface area (Å²) in [6.45, 7) is 37.3. The van der Waals surface area contributed by atoms with Crippen LogP contribution in [0.4, 0.5) is 17.6 Å². The van der Waals surface area contributed by atoms with E-state index in [4.69, 9.17) is 0 Å². The van der Waals surface area contributed by atoms with Crippen LogP contribution in [-0.2, 0) is 28.2 Å². The highest BCUT2D eigenvalue weighted by molar-refractivity contribution is 7.00. The van der Waals surface area contributed by atoms with E-state index in [1.165, 1.54) is 150 Å². The normalized spacial score (nSPS) is 14.6. The molecule has 0 aliphatic heterocycles. The maximum Gasteiger partial charge on any atom is 0.220 e. The Morgan fingerprint density at radius 1 is 0.267 bits per heavy atom. The first-order valence-corrected chi connectivity index (χ1v) is 66.8. The summed E-state index contributed by atoms with van der Waals surface area (Å²) in [4.78, 5) is 0. The van der Waals surface area contributed by atoms with Gasteiger partial charge in [-0.15, -0.1) is 0 Å². The van der Waals surface area contributed by atoms with Gasteiger partial charge in [-0.05, 0) is 245 Å². The molecule has 17 aromatic rings. The Morgan fingerprint density at radius 2 is 0.500 bits per heavy atom. The Bertz CT molecular complexity index is 7650. The van der Waals surface area contributed by atoms with E-state index in [0.29, 0.717) is 28.9 Å². The van der Waals surface area contributed by atoms with Crippen molar-refractivity contribution in [2.45, 2.75) is 258 Å². The van der Waals surface area contributed by atoms with E-state index >= 15 is 17.6 Å². The van der Waals surface area contributed by atoms with Gasteiger partial charge >= 0.3 is 0 Å². The van der Waals surface area contributed by atoms with Gasteiger partial charge in [0.1, 0.15) is 59.5 Å². The summed E-state index contributed by atoms with van der Waals surface area (Å²) in [6, 6.07) is 101. The number of nitrogens with zero attached hydrogens (tertiary/aromatic N) is 4. The number of benzene rings is 13. The van der Waals surface area contributed by atoms with Gasteiger partial charge in [0.2, 0.25) is 22.8 Å². The van der Waals surface area contributed by atoms with Crippen LogP contribution in [0.1, 0.15) is 206 Å². The number of rotatable bonds is 21. The van der Waals surface area contributed by atoms with Crippen LogP contribution in [-0.4, -0.2) is 32.3 Å². The first kappa shape index (κ1) is 104. The van der Waals surface area contributed by atoms with Gasteiger partial charge in [-0.2, -0.15) is 0 Å². The molecular formula is C134H152F4N4Si4+4. The van der Waals surface area contributed by atoms with Gasteiger partial charge in [0, 0.05) is 46.5 Å². The van der Waals surface area contributed by atoms with Crippen molar-refractivity contribution in [3.05, 3.63) is 366 Å². The average molecular weight is 2010 g/mol. The highest BCUT2D eigenvalue weighted by Crippen LogP contribution is 2.51. The Morgan fingerprint density at radius 3 is 0.760 bits per heavy atom. The Kier molecular flexibility index (Phi) is 31.3. The number of pyridine rings is 4. The van der Waals surface area contributed by atoms with Crippen molar-refractivity contribution < 1.29 is 35.8 Å². The molecule has 21 rings (SSSR count). The molecule has 0 unspecified atom stereocenters. The molecule has 4 aliphatic rings. The Labute approximate surface area is 872 Å².